The lowest BCUT2D eigenvalue weighted by Crippen LogP contribution is -2.29. The van der Waals surface area contributed by atoms with Crippen LogP contribution >= 0.6 is 22.9 Å². The number of fused-ring (bicyclic) bond motifs is 1. The fourth-order valence-electron chi connectivity index (χ4n) is 4.17. The van der Waals surface area contributed by atoms with Crippen LogP contribution in [0.3, 0.4) is 0 Å². The van der Waals surface area contributed by atoms with Gasteiger partial charge in [-0.25, -0.2) is 4.98 Å². The lowest BCUT2D eigenvalue weighted by molar-refractivity contribution is -0.132. The number of Topliss-reactive ketones (excluding diaryl/α,β-unsaturated/α-hetero) is 1. The van der Waals surface area contributed by atoms with Crippen molar-refractivity contribution in [2.24, 2.45) is 0 Å². The molecular weight excluding hydrogens is 486 g/mol. The number of benzene rings is 2. The summed E-state index contributed by atoms with van der Waals surface area (Å²) in [6.07, 6.45) is 1.58. The van der Waals surface area contributed by atoms with Crippen LogP contribution in [0.2, 0.25) is 5.02 Å². The molecule has 0 spiro atoms. The number of aromatic nitrogens is 2. The van der Waals surface area contributed by atoms with Crippen molar-refractivity contribution < 1.29 is 19.4 Å². The van der Waals surface area contributed by atoms with E-state index in [-0.39, 0.29) is 11.3 Å². The summed E-state index contributed by atoms with van der Waals surface area (Å²) in [5.74, 6) is -1.23. The third-order valence-electron chi connectivity index (χ3n) is 5.94. The summed E-state index contributed by atoms with van der Waals surface area (Å²) in [6.45, 7) is 3.72. The molecule has 1 N–H and O–H groups in total. The first-order chi connectivity index (χ1) is 16.8. The number of pyridine rings is 1. The van der Waals surface area contributed by atoms with Crippen molar-refractivity contribution in [1.29, 1.82) is 0 Å². The molecule has 5 rings (SSSR count). The zero-order valence-corrected chi connectivity index (χ0v) is 20.6. The maximum absolute atomic E-state index is 13.3. The third-order valence-corrected chi connectivity index (χ3v) is 7.37. The first-order valence-electron chi connectivity index (χ1n) is 10.7. The summed E-state index contributed by atoms with van der Waals surface area (Å²) in [4.78, 5) is 37.0. The predicted molar refractivity (Wildman–Crippen MR) is 136 cm³/mol. The van der Waals surface area contributed by atoms with Crippen LogP contribution in [-0.4, -0.2) is 33.9 Å². The van der Waals surface area contributed by atoms with Gasteiger partial charge in [0.05, 0.1) is 28.6 Å². The highest BCUT2D eigenvalue weighted by Gasteiger charge is 2.48. The van der Waals surface area contributed by atoms with Gasteiger partial charge in [-0.1, -0.05) is 29.0 Å². The zero-order valence-electron chi connectivity index (χ0n) is 19.1. The molecule has 2 aromatic heterocycles. The van der Waals surface area contributed by atoms with Crippen LogP contribution < -0.4 is 9.64 Å². The van der Waals surface area contributed by atoms with Crippen LogP contribution in [0.15, 0.2) is 60.3 Å². The number of aryl methyl sites for hydroxylation is 2. The largest absolute Gasteiger partial charge is 0.507 e. The summed E-state index contributed by atoms with van der Waals surface area (Å²) >= 11 is 7.54. The number of hydrogen-bond donors (Lipinski definition) is 1. The fourth-order valence-corrected chi connectivity index (χ4v) is 5.40. The Morgan fingerprint density at radius 3 is 2.60 bits per heavy atom. The molecular formula is C26H20ClN3O4S. The Hall–Kier alpha value is -3.75. The lowest BCUT2D eigenvalue weighted by atomic mass is 9.97. The van der Waals surface area contributed by atoms with Gasteiger partial charge in [0.1, 0.15) is 17.6 Å². The molecule has 2 aromatic carbocycles. The average Bonchev–Trinajstić information content (AvgIpc) is 3.37. The van der Waals surface area contributed by atoms with Gasteiger partial charge in [-0.2, -0.15) is 0 Å². The van der Waals surface area contributed by atoms with Crippen LogP contribution in [0.1, 0.15) is 28.4 Å². The van der Waals surface area contributed by atoms with Gasteiger partial charge in [0.25, 0.3) is 5.78 Å². The van der Waals surface area contributed by atoms with Crippen LogP contribution in [-0.2, 0) is 9.59 Å². The molecule has 0 radical (unpaired) electrons. The molecule has 0 bridgehead atoms. The molecule has 1 atom stereocenters. The molecule has 0 saturated carbocycles. The van der Waals surface area contributed by atoms with Crippen LogP contribution in [0, 0.1) is 13.8 Å². The highest BCUT2D eigenvalue weighted by molar-refractivity contribution is 7.22. The van der Waals surface area contributed by atoms with Gasteiger partial charge in [0.2, 0.25) is 0 Å². The number of nitrogens with zero attached hydrogens (tertiary/aromatic N) is 3. The molecule has 176 valence electrons. The van der Waals surface area contributed by atoms with Crippen molar-refractivity contribution in [3.05, 3.63) is 87.7 Å². The van der Waals surface area contributed by atoms with Crippen LogP contribution in [0.25, 0.3) is 16.0 Å². The number of methoxy groups -OCH3 is 1. The molecule has 3 heterocycles. The van der Waals surface area contributed by atoms with Gasteiger partial charge in [0, 0.05) is 16.8 Å². The monoisotopic (exact) mass is 505 g/mol. The number of aliphatic hydroxyl groups excluding tert-OH is 1. The number of carbonyl (C=O) groups is 2. The van der Waals surface area contributed by atoms with Gasteiger partial charge < -0.3 is 9.84 Å². The molecule has 1 saturated heterocycles. The van der Waals surface area contributed by atoms with Gasteiger partial charge in [-0.3, -0.25) is 19.5 Å². The Morgan fingerprint density at radius 2 is 1.91 bits per heavy atom. The molecule has 1 unspecified atom stereocenters. The second kappa shape index (κ2) is 8.79. The highest BCUT2D eigenvalue weighted by atomic mass is 35.5. The Kier molecular flexibility index (Phi) is 5.78. The molecule has 9 heteroatoms. The molecule has 4 aromatic rings. The normalized spacial score (nSPS) is 17.4. The minimum absolute atomic E-state index is 0.0493. The van der Waals surface area contributed by atoms with Crippen LogP contribution in [0.5, 0.6) is 5.75 Å². The third kappa shape index (κ3) is 3.84. The van der Waals surface area contributed by atoms with E-state index < -0.39 is 17.7 Å². The van der Waals surface area contributed by atoms with Crippen molar-refractivity contribution in [2.45, 2.75) is 19.9 Å². The quantitative estimate of drug-likeness (QED) is 0.220. The van der Waals surface area contributed by atoms with Crippen molar-refractivity contribution in [3.8, 4) is 5.75 Å². The first-order valence-corrected chi connectivity index (χ1v) is 11.9. The number of thiazole rings is 1. The molecule has 1 fully saturated rings. The highest BCUT2D eigenvalue weighted by Crippen LogP contribution is 2.44. The Balaban J connectivity index is 1.71. The predicted octanol–water partition coefficient (Wildman–Crippen LogP) is 5.60. The Bertz CT molecular complexity index is 1490. The van der Waals surface area contributed by atoms with E-state index in [0.717, 1.165) is 15.8 Å². The van der Waals surface area contributed by atoms with Crippen molar-refractivity contribution in [1.82, 2.24) is 9.97 Å². The van der Waals surface area contributed by atoms with E-state index in [4.69, 9.17) is 16.3 Å². The molecule has 35 heavy (non-hydrogen) atoms. The van der Waals surface area contributed by atoms with Crippen molar-refractivity contribution >= 4 is 55.7 Å². The number of ether oxygens (including phenoxy) is 1. The summed E-state index contributed by atoms with van der Waals surface area (Å²) < 4.78 is 6.13. The number of aliphatic hydroxyl groups is 1. The molecule has 7 nitrogen and oxygen atoms in total. The second-order valence-electron chi connectivity index (χ2n) is 8.17. The van der Waals surface area contributed by atoms with E-state index in [9.17, 15) is 14.7 Å². The Labute approximate surface area is 210 Å². The van der Waals surface area contributed by atoms with Crippen LogP contribution in [0.4, 0.5) is 5.13 Å². The number of hydrogen-bond acceptors (Lipinski definition) is 7. The van der Waals surface area contributed by atoms with Crippen molar-refractivity contribution in [2.75, 3.05) is 12.0 Å². The van der Waals surface area contributed by atoms with E-state index >= 15 is 0 Å². The molecule has 1 aliphatic heterocycles. The second-order valence-corrected chi connectivity index (χ2v) is 9.59. The summed E-state index contributed by atoms with van der Waals surface area (Å²) in [7, 11) is 1.56. The SMILES string of the molecule is COc1ccc(/C(O)=C2\C(=O)C(=O)N(c3nc4cc(Cl)c(C)cc4s3)C2c2ccccn2)cc1C. The standard InChI is InChI=1S/C26H20ClN3O4S/c1-13-11-20-18(12-16(13)27)29-26(35-20)30-22(17-6-4-5-9-28-17)21(24(32)25(30)33)23(31)15-7-8-19(34-3)14(2)10-15/h4-12,22,31H,1-3H3/b23-21+. The maximum Gasteiger partial charge on any atom is 0.301 e. The van der Waals surface area contributed by atoms with E-state index in [1.54, 1.807) is 55.8 Å². The number of amides is 1. The smallest absolute Gasteiger partial charge is 0.301 e. The van der Waals surface area contributed by atoms with Gasteiger partial charge >= 0.3 is 5.91 Å². The topological polar surface area (TPSA) is 92.6 Å². The summed E-state index contributed by atoms with van der Waals surface area (Å²) in [5.41, 5.74) is 3.06. The number of anilines is 1. The molecule has 0 aliphatic carbocycles. The van der Waals surface area contributed by atoms with Crippen molar-refractivity contribution in [3.63, 3.8) is 0 Å². The minimum Gasteiger partial charge on any atom is -0.507 e. The minimum atomic E-state index is -0.948. The summed E-state index contributed by atoms with van der Waals surface area (Å²) in [5, 5.41) is 12.2. The number of ketones is 1. The van der Waals surface area contributed by atoms with E-state index in [0.29, 0.717) is 32.7 Å². The lowest BCUT2D eigenvalue weighted by Gasteiger charge is -2.22. The zero-order chi connectivity index (χ0) is 24.9. The molecule has 1 amide bonds. The van der Waals surface area contributed by atoms with Gasteiger partial charge in [-0.15, -0.1) is 0 Å². The van der Waals surface area contributed by atoms with E-state index in [1.165, 1.54) is 16.2 Å². The average molecular weight is 506 g/mol. The van der Waals surface area contributed by atoms with Gasteiger partial charge in [-0.05, 0) is 67.4 Å². The number of carbonyl (C=O) groups excluding carboxylic acids is 2. The van der Waals surface area contributed by atoms with Gasteiger partial charge in [0.15, 0.2) is 5.13 Å². The maximum atomic E-state index is 13.3. The Morgan fingerprint density at radius 1 is 1.11 bits per heavy atom. The van der Waals surface area contributed by atoms with E-state index in [1.807, 2.05) is 19.9 Å². The first kappa shape index (κ1) is 23.0. The number of halogens is 1. The fraction of sp³-hybridized carbons (Fsp3) is 0.154. The summed E-state index contributed by atoms with van der Waals surface area (Å²) in [6, 6.07) is 13.0. The molecule has 1 aliphatic rings. The van der Waals surface area contributed by atoms with E-state index in [2.05, 4.69) is 9.97 Å². The number of rotatable bonds is 4.